The van der Waals surface area contributed by atoms with Crippen LogP contribution in [0.1, 0.15) is 38.5 Å². The fourth-order valence-corrected chi connectivity index (χ4v) is 4.73. The lowest BCUT2D eigenvalue weighted by molar-refractivity contribution is 0.172. The molecule has 0 aromatic rings. The summed E-state index contributed by atoms with van der Waals surface area (Å²) >= 11 is 0. The van der Waals surface area contributed by atoms with Crippen LogP contribution >= 0.6 is 0 Å². The molecule has 2 fully saturated rings. The van der Waals surface area contributed by atoms with Crippen LogP contribution in [0.25, 0.3) is 0 Å². The zero-order valence-corrected chi connectivity index (χ0v) is 13.3. The monoisotopic (exact) mass is 319 g/mol. The smallest absolute Gasteiger partial charge is 0.421 e. The van der Waals surface area contributed by atoms with Crippen molar-refractivity contribution in [3.05, 3.63) is 0 Å². The number of methoxy groups -OCH3 is 1. The molecule has 0 aliphatic carbocycles. The maximum atomic E-state index is 12.5. The molecule has 0 spiro atoms. The molecule has 1 amide bonds. The summed E-state index contributed by atoms with van der Waals surface area (Å²) in [5, 5.41) is 3.31. The Balaban J connectivity index is 2.16. The largest absolute Gasteiger partial charge is 0.452 e. The Morgan fingerprint density at radius 3 is 2.57 bits per heavy atom. The molecule has 2 saturated heterocycles. The number of piperidine rings is 1. The van der Waals surface area contributed by atoms with E-state index in [9.17, 15) is 13.2 Å². The van der Waals surface area contributed by atoms with Gasteiger partial charge in [0.1, 0.15) is 0 Å². The van der Waals surface area contributed by atoms with Crippen LogP contribution in [0.15, 0.2) is 0 Å². The molecule has 2 rings (SSSR count). The Kier molecular flexibility index (Phi) is 5.83. The first-order valence-corrected chi connectivity index (χ1v) is 9.07. The number of carbonyl (C=O) groups excluding carboxylic acids is 1. The van der Waals surface area contributed by atoms with E-state index in [0.29, 0.717) is 12.5 Å². The van der Waals surface area contributed by atoms with E-state index in [1.54, 1.807) is 0 Å². The van der Waals surface area contributed by atoms with Crippen molar-refractivity contribution in [3.63, 3.8) is 0 Å². The van der Waals surface area contributed by atoms with E-state index in [0.717, 1.165) is 58.7 Å². The first-order valence-electron chi connectivity index (χ1n) is 7.63. The molecule has 122 valence electrons. The van der Waals surface area contributed by atoms with Crippen molar-refractivity contribution in [1.82, 2.24) is 14.3 Å². The van der Waals surface area contributed by atoms with Gasteiger partial charge in [-0.3, -0.25) is 0 Å². The summed E-state index contributed by atoms with van der Waals surface area (Å²) in [6.45, 7) is 2.33. The zero-order chi connectivity index (χ0) is 15.3. The van der Waals surface area contributed by atoms with Crippen molar-refractivity contribution in [1.29, 1.82) is 0 Å². The van der Waals surface area contributed by atoms with Gasteiger partial charge in [0.2, 0.25) is 0 Å². The Morgan fingerprint density at radius 1 is 1.19 bits per heavy atom. The topological polar surface area (TPSA) is 87.7 Å². The van der Waals surface area contributed by atoms with Crippen LogP contribution in [0.2, 0.25) is 0 Å². The van der Waals surface area contributed by atoms with E-state index in [1.807, 2.05) is 4.72 Å². The van der Waals surface area contributed by atoms with Crippen molar-refractivity contribution >= 4 is 16.3 Å². The number of nitrogens with zero attached hydrogens (tertiary/aromatic N) is 1. The van der Waals surface area contributed by atoms with Gasteiger partial charge < -0.3 is 10.1 Å². The molecule has 0 bridgehead atoms. The number of hydrogen-bond acceptors (Lipinski definition) is 5. The molecule has 1 atom stereocenters. The zero-order valence-electron chi connectivity index (χ0n) is 12.5. The highest BCUT2D eigenvalue weighted by Crippen LogP contribution is 2.29. The molecule has 0 aromatic heterocycles. The number of rotatable bonds is 3. The standard InChI is InChI=1S/C13H25N3O4S/c1-20-13(17)15-21(18,19)16-10-4-2-3-5-12(16)11-6-8-14-9-7-11/h11-12,14H,2-10H2,1H3,(H,15,17). The number of amides is 1. The average Bonchev–Trinajstić information content (AvgIpc) is 2.74. The summed E-state index contributed by atoms with van der Waals surface area (Å²) in [5.41, 5.74) is 0. The SMILES string of the molecule is COC(=O)NS(=O)(=O)N1CCCCCC1C1CCNCC1. The molecular weight excluding hydrogens is 294 g/mol. The predicted octanol–water partition coefficient (Wildman–Crippen LogP) is 0.831. The van der Waals surface area contributed by atoms with Crippen molar-refractivity contribution in [2.45, 2.75) is 44.6 Å². The molecule has 0 radical (unpaired) electrons. The summed E-state index contributed by atoms with van der Waals surface area (Å²) in [7, 11) is -2.66. The van der Waals surface area contributed by atoms with Crippen LogP contribution in [0, 0.1) is 5.92 Å². The Morgan fingerprint density at radius 2 is 1.90 bits per heavy atom. The summed E-state index contributed by atoms with van der Waals surface area (Å²) in [5.74, 6) is 0.360. The van der Waals surface area contributed by atoms with E-state index in [2.05, 4.69) is 10.1 Å². The quantitative estimate of drug-likeness (QED) is 0.804. The van der Waals surface area contributed by atoms with E-state index in [1.165, 1.54) is 4.31 Å². The number of nitrogens with one attached hydrogen (secondary N) is 2. The molecule has 1 unspecified atom stereocenters. The van der Waals surface area contributed by atoms with E-state index in [4.69, 9.17) is 0 Å². The highest BCUT2D eigenvalue weighted by molar-refractivity contribution is 7.87. The fraction of sp³-hybridized carbons (Fsp3) is 0.923. The van der Waals surface area contributed by atoms with Gasteiger partial charge in [0, 0.05) is 12.6 Å². The minimum absolute atomic E-state index is 0.0169. The number of hydrogen-bond donors (Lipinski definition) is 2. The minimum Gasteiger partial charge on any atom is -0.452 e. The van der Waals surface area contributed by atoms with Crippen molar-refractivity contribution in [3.8, 4) is 0 Å². The third kappa shape index (κ3) is 4.31. The summed E-state index contributed by atoms with van der Waals surface area (Å²) in [6.07, 6.45) is 4.81. The van der Waals surface area contributed by atoms with Gasteiger partial charge in [-0.2, -0.15) is 12.7 Å². The van der Waals surface area contributed by atoms with Gasteiger partial charge in [0.05, 0.1) is 7.11 Å². The van der Waals surface area contributed by atoms with E-state index in [-0.39, 0.29) is 6.04 Å². The van der Waals surface area contributed by atoms with Crippen LogP contribution in [-0.2, 0) is 14.9 Å². The molecule has 21 heavy (non-hydrogen) atoms. The molecule has 7 nitrogen and oxygen atoms in total. The average molecular weight is 319 g/mol. The van der Waals surface area contributed by atoms with Crippen LogP contribution < -0.4 is 10.0 Å². The van der Waals surface area contributed by atoms with Gasteiger partial charge in [-0.15, -0.1) is 0 Å². The highest BCUT2D eigenvalue weighted by atomic mass is 32.2. The third-order valence-electron chi connectivity index (χ3n) is 4.38. The lowest BCUT2D eigenvalue weighted by Crippen LogP contribution is -2.52. The molecule has 2 aliphatic heterocycles. The Hall–Kier alpha value is -0.860. The summed E-state index contributed by atoms with van der Waals surface area (Å²) < 4.78 is 32.8. The molecule has 2 aliphatic rings. The second-order valence-corrected chi connectivity index (χ2v) is 7.34. The van der Waals surface area contributed by atoms with Crippen LogP contribution in [0.5, 0.6) is 0 Å². The fourth-order valence-electron chi connectivity index (χ4n) is 3.31. The van der Waals surface area contributed by atoms with Crippen LogP contribution in [-0.4, -0.2) is 51.6 Å². The molecule has 0 saturated carbocycles. The molecular formula is C13H25N3O4S. The van der Waals surface area contributed by atoms with Gasteiger partial charge in [-0.25, -0.2) is 9.52 Å². The van der Waals surface area contributed by atoms with E-state index < -0.39 is 16.3 Å². The van der Waals surface area contributed by atoms with Gasteiger partial charge in [0.25, 0.3) is 0 Å². The lowest BCUT2D eigenvalue weighted by atomic mass is 9.88. The third-order valence-corrected chi connectivity index (χ3v) is 5.88. The lowest BCUT2D eigenvalue weighted by Gasteiger charge is -2.36. The maximum Gasteiger partial charge on any atom is 0.421 e. The first-order chi connectivity index (χ1) is 10.0. The van der Waals surface area contributed by atoms with Gasteiger partial charge in [0.15, 0.2) is 0 Å². The Bertz CT molecular complexity index is 448. The van der Waals surface area contributed by atoms with E-state index >= 15 is 0 Å². The molecule has 0 aromatic carbocycles. The Labute approximate surface area is 126 Å². The molecule has 2 N–H and O–H groups in total. The predicted molar refractivity (Wildman–Crippen MR) is 79.0 cm³/mol. The van der Waals surface area contributed by atoms with Crippen molar-refractivity contribution in [2.75, 3.05) is 26.7 Å². The maximum absolute atomic E-state index is 12.5. The second-order valence-electron chi connectivity index (χ2n) is 5.71. The van der Waals surface area contributed by atoms with Crippen molar-refractivity contribution in [2.24, 2.45) is 5.92 Å². The van der Waals surface area contributed by atoms with Crippen LogP contribution in [0.4, 0.5) is 4.79 Å². The minimum atomic E-state index is -3.83. The summed E-state index contributed by atoms with van der Waals surface area (Å²) in [6, 6.07) is -0.0169. The molecule has 2 heterocycles. The number of ether oxygens (including phenoxy) is 1. The van der Waals surface area contributed by atoms with Crippen LogP contribution in [0.3, 0.4) is 0 Å². The van der Waals surface area contributed by atoms with Gasteiger partial charge >= 0.3 is 16.3 Å². The second kappa shape index (κ2) is 7.42. The number of carbonyl (C=O) groups is 1. The highest BCUT2D eigenvalue weighted by Gasteiger charge is 2.37. The summed E-state index contributed by atoms with van der Waals surface area (Å²) in [4.78, 5) is 11.3. The van der Waals surface area contributed by atoms with Gasteiger partial charge in [-0.1, -0.05) is 12.8 Å². The first kappa shape index (κ1) is 16.5. The van der Waals surface area contributed by atoms with Crippen molar-refractivity contribution < 1.29 is 17.9 Å². The normalized spacial score (nSPS) is 26.0. The van der Waals surface area contributed by atoms with Gasteiger partial charge in [-0.05, 0) is 44.7 Å². The molecule has 8 heteroatoms.